The minimum absolute atomic E-state index is 0.400. The number of aromatic nitrogens is 3. The first-order chi connectivity index (χ1) is 8.52. The van der Waals surface area contributed by atoms with Crippen LogP contribution in [0, 0.1) is 13.8 Å². The number of nitrogens with two attached hydrogens (primary N) is 1. The number of esters is 1. The van der Waals surface area contributed by atoms with E-state index in [1.165, 1.54) is 7.11 Å². The third-order valence-corrected chi connectivity index (χ3v) is 2.65. The summed E-state index contributed by atoms with van der Waals surface area (Å²) < 4.78 is 6.25. The standard InChI is InChI=1S/C12H14N4O2/c1-7-6-16(15-11(7)13)10-5-4-9(8(2)14-10)12(17)18-3/h4-6H,1-3H3,(H2,13,15). The van der Waals surface area contributed by atoms with Crippen LogP contribution in [0.4, 0.5) is 5.82 Å². The molecule has 0 radical (unpaired) electrons. The molecule has 0 bridgehead atoms. The lowest BCUT2D eigenvalue weighted by Crippen LogP contribution is -2.08. The normalized spacial score (nSPS) is 10.4. The van der Waals surface area contributed by atoms with Crippen LogP contribution in [-0.4, -0.2) is 27.8 Å². The highest BCUT2D eigenvalue weighted by Crippen LogP contribution is 2.14. The molecule has 2 rings (SSSR count). The molecule has 6 heteroatoms. The van der Waals surface area contributed by atoms with E-state index in [4.69, 9.17) is 5.73 Å². The summed E-state index contributed by atoms with van der Waals surface area (Å²) in [6.07, 6.45) is 1.79. The van der Waals surface area contributed by atoms with Gasteiger partial charge in [0.15, 0.2) is 5.82 Å². The number of methoxy groups -OCH3 is 1. The van der Waals surface area contributed by atoms with Gasteiger partial charge >= 0.3 is 5.97 Å². The quantitative estimate of drug-likeness (QED) is 0.806. The Morgan fingerprint density at radius 2 is 2.11 bits per heavy atom. The van der Waals surface area contributed by atoms with Gasteiger partial charge in [0.1, 0.15) is 5.82 Å². The van der Waals surface area contributed by atoms with Crippen molar-refractivity contribution in [3.63, 3.8) is 0 Å². The fourth-order valence-electron chi connectivity index (χ4n) is 1.59. The van der Waals surface area contributed by atoms with Gasteiger partial charge in [-0.3, -0.25) is 0 Å². The van der Waals surface area contributed by atoms with E-state index in [1.54, 1.807) is 29.9 Å². The van der Waals surface area contributed by atoms with Crippen molar-refractivity contribution in [1.29, 1.82) is 0 Å². The molecular weight excluding hydrogens is 232 g/mol. The lowest BCUT2D eigenvalue weighted by molar-refractivity contribution is 0.0599. The highest BCUT2D eigenvalue weighted by Gasteiger charge is 2.12. The van der Waals surface area contributed by atoms with Gasteiger partial charge in [-0.2, -0.15) is 0 Å². The van der Waals surface area contributed by atoms with Gasteiger partial charge in [0.2, 0.25) is 0 Å². The van der Waals surface area contributed by atoms with Crippen LogP contribution in [0.3, 0.4) is 0 Å². The van der Waals surface area contributed by atoms with Gasteiger partial charge in [-0.05, 0) is 26.0 Å². The molecule has 0 atom stereocenters. The van der Waals surface area contributed by atoms with Crippen LogP contribution < -0.4 is 5.73 Å². The lowest BCUT2D eigenvalue weighted by atomic mass is 10.2. The maximum Gasteiger partial charge on any atom is 0.339 e. The largest absolute Gasteiger partial charge is 0.465 e. The number of carbonyl (C=O) groups is 1. The molecule has 2 aromatic rings. The average Bonchev–Trinajstić information content (AvgIpc) is 2.68. The van der Waals surface area contributed by atoms with E-state index in [0.29, 0.717) is 22.9 Å². The first kappa shape index (κ1) is 12.1. The minimum Gasteiger partial charge on any atom is -0.465 e. The number of hydrogen-bond acceptors (Lipinski definition) is 5. The van der Waals surface area contributed by atoms with Crippen LogP contribution in [0.1, 0.15) is 21.6 Å². The van der Waals surface area contributed by atoms with Crippen LogP contribution in [-0.2, 0) is 4.74 Å². The fraction of sp³-hybridized carbons (Fsp3) is 0.250. The maximum absolute atomic E-state index is 11.4. The number of rotatable bonds is 2. The number of carbonyl (C=O) groups excluding carboxylic acids is 1. The van der Waals surface area contributed by atoms with Crippen molar-refractivity contribution in [3.8, 4) is 5.82 Å². The number of ether oxygens (including phenoxy) is 1. The van der Waals surface area contributed by atoms with Crippen LogP contribution in [0.25, 0.3) is 5.82 Å². The number of aryl methyl sites for hydroxylation is 2. The summed E-state index contributed by atoms with van der Waals surface area (Å²) in [5, 5.41) is 4.13. The van der Waals surface area contributed by atoms with Crippen molar-refractivity contribution in [3.05, 3.63) is 35.2 Å². The molecule has 0 saturated carbocycles. The number of nitrogen functional groups attached to an aromatic ring is 1. The Balaban J connectivity index is 2.43. The zero-order chi connectivity index (χ0) is 13.3. The van der Waals surface area contributed by atoms with Crippen molar-refractivity contribution in [2.75, 3.05) is 12.8 Å². The Morgan fingerprint density at radius 1 is 1.39 bits per heavy atom. The Bertz CT molecular complexity index is 585. The third-order valence-electron chi connectivity index (χ3n) is 2.65. The van der Waals surface area contributed by atoms with Crippen molar-refractivity contribution >= 4 is 11.8 Å². The van der Waals surface area contributed by atoms with Crippen molar-refractivity contribution in [2.45, 2.75) is 13.8 Å². The van der Waals surface area contributed by atoms with Gasteiger partial charge in [0, 0.05) is 11.8 Å². The zero-order valence-corrected chi connectivity index (χ0v) is 10.5. The molecular formula is C12H14N4O2. The third kappa shape index (κ3) is 2.04. The van der Waals surface area contributed by atoms with Gasteiger partial charge in [-0.15, -0.1) is 5.10 Å². The van der Waals surface area contributed by atoms with E-state index in [0.717, 1.165) is 5.56 Å². The van der Waals surface area contributed by atoms with Gasteiger partial charge in [0.05, 0.1) is 18.4 Å². The summed E-state index contributed by atoms with van der Waals surface area (Å²) in [6, 6.07) is 3.36. The second-order valence-corrected chi connectivity index (χ2v) is 3.94. The molecule has 0 spiro atoms. The zero-order valence-electron chi connectivity index (χ0n) is 10.5. The number of anilines is 1. The first-order valence-corrected chi connectivity index (χ1v) is 5.41. The SMILES string of the molecule is COC(=O)c1ccc(-n2cc(C)c(N)n2)nc1C. The number of pyridine rings is 1. The summed E-state index contributed by atoms with van der Waals surface area (Å²) in [6.45, 7) is 3.62. The lowest BCUT2D eigenvalue weighted by Gasteiger charge is -2.05. The molecule has 2 heterocycles. The molecule has 0 aromatic carbocycles. The summed E-state index contributed by atoms with van der Waals surface area (Å²) in [7, 11) is 1.34. The number of hydrogen-bond donors (Lipinski definition) is 1. The molecule has 2 aromatic heterocycles. The van der Waals surface area contributed by atoms with Gasteiger partial charge in [0.25, 0.3) is 0 Å². The van der Waals surface area contributed by atoms with Crippen LogP contribution in [0.15, 0.2) is 18.3 Å². The minimum atomic E-state index is -0.400. The molecule has 94 valence electrons. The summed E-state index contributed by atoms with van der Waals surface area (Å²) in [4.78, 5) is 15.7. The van der Waals surface area contributed by atoms with E-state index in [-0.39, 0.29) is 0 Å². The predicted molar refractivity (Wildman–Crippen MR) is 66.6 cm³/mol. The number of nitrogens with zero attached hydrogens (tertiary/aromatic N) is 3. The van der Waals surface area contributed by atoms with Crippen molar-refractivity contribution < 1.29 is 9.53 Å². The Labute approximate surface area is 104 Å². The van der Waals surface area contributed by atoms with Gasteiger partial charge < -0.3 is 10.5 Å². The predicted octanol–water partition coefficient (Wildman–Crippen LogP) is 1.25. The maximum atomic E-state index is 11.4. The molecule has 6 nitrogen and oxygen atoms in total. The Kier molecular flexibility index (Phi) is 3.01. The first-order valence-electron chi connectivity index (χ1n) is 5.41. The van der Waals surface area contributed by atoms with E-state index < -0.39 is 5.97 Å². The fourth-order valence-corrected chi connectivity index (χ4v) is 1.59. The van der Waals surface area contributed by atoms with Crippen LogP contribution in [0.5, 0.6) is 0 Å². The monoisotopic (exact) mass is 246 g/mol. The van der Waals surface area contributed by atoms with Crippen LogP contribution in [0.2, 0.25) is 0 Å². The van der Waals surface area contributed by atoms with Crippen molar-refractivity contribution in [1.82, 2.24) is 14.8 Å². The summed E-state index contributed by atoms with van der Waals surface area (Å²) in [5.41, 5.74) is 7.59. The second-order valence-electron chi connectivity index (χ2n) is 3.94. The van der Waals surface area contributed by atoms with E-state index in [9.17, 15) is 4.79 Å². The molecule has 0 aliphatic carbocycles. The van der Waals surface area contributed by atoms with E-state index in [1.807, 2.05) is 6.92 Å². The molecule has 18 heavy (non-hydrogen) atoms. The molecule has 2 N–H and O–H groups in total. The molecule has 0 saturated heterocycles. The second kappa shape index (κ2) is 4.48. The Hall–Kier alpha value is -2.37. The Morgan fingerprint density at radius 3 is 2.61 bits per heavy atom. The molecule has 0 unspecified atom stereocenters. The van der Waals surface area contributed by atoms with Crippen LogP contribution >= 0.6 is 0 Å². The molecule has 0 fully saturated rings. The molecule has 0 aliphatic heterocycles. The smallest absolute Gasteiger partial charge is 0.339 e. The van der Waals surface area contributed by atoms with Gasteiger partial charge in [-0.1, -0.05) is 0 Å². The molecule has 0 aliphatic rings. The highest BCUT2D eigenvalue weighted by molar-refractivity contribution is 5.90. The van der Waals surface area contributed by atoms with Gasteiger partial charge in [-0.25, -0.2) is 14.5 Å². The van der Waals surface area contributed by atoms with E-state index >= 15 is 0 Å². The highest BCUT2D eigenvalue weighted by atomic mass is 16.5. The van der Waals surface area contributed by atoms with E-state index in [2.05, 4.69) is 14.8 Å². The summed E-state index contributed by atoms with van der Waals surface area (Å²) >= 11 is 0. The average molecular weight is 246 g/mol. The van der Waals surface area contributed by atoms with Crippen molar-refractivity contribution in [2.24, 2.45) is 0 Å². The molecule has 0 amide bonds. The summed E-state index contributed by atoms with van der Waals surface area (Å²) in [5.74, 6) is 0.675. The topological polar surface area (TPSA) is 83.0 Å².